The molecule has 2 fully saturated rings. The van der Waals surface area contributed by atoms with Crippen LogP contribution >= 0.6 is 0 Å². The van der Waals surface area contributed by atoms with Gasteiger partial charge in [0.25, 0.3) is 0 Å². The first-order valence-corrected chi connectivity index (χ1v) is 12.6. The monoisotopic (exact) mass is 537 g/mol. The lowest BCUT2D eigenvalue weighted by Crippen LogP contribution is -2.56. The molecule has 1 atom stereocenters. The molecule has 11 heteroatoms. The van der Waals surface area contributed by atoms with Crippen LogP contribution in [-0.2, 0) is 9.53 Å². The molecule has 2 aromatic carbocycles. The van der Waals surface area contributed by atoms with Crippen LogP contribution in [0, 0.1) is 17.5 Å². The second-order valence-corrected chi connectivity index (χ2v) is 10.3. The molecule has 38 heavy (non-hydrogen) atoms. The molecule has 2 saturated heterocycles. The predicted octanol–water partition coefficient (Wildman–Crippen LogP) is 2.04. The van der Waals surface area contributed by atoms with Gasteiger partial charge in [0.15, 0.2) is 0 Å². The highest BCUT2D eigenvalue weighted by Crippen LogP contribution is 2.29. The van der Waals surface area contributed by atoms with E-state index in [9.17, 15) is 28.2 Å². The topological polar surface area (TPSA) is 85.7 Å². The van der Waals surface area contributed by atoms with Crippen LogP contribution in [0.2, 0.25) is 0 Å². The van der Waals surface area contributed by atoms with E-state index < -0.39 is 22.8 Å². The SMILES string of the molecule is COCC(=O)N1CCN(CC2(O)CCN(c3cccc(F)c3)CC2)CC(O)(COc2cc(F)cc(F)c2)C1. The number of halogens is 3. The first-order valence-electron chi connectivity index (χ1n) is 12.6. The lowest BCUT2D eigenvalue weighted by atomic mass is 9.90. The van der Waals surface area contributed by atoms with Gasteiger partial charge in [0.05, 0.1) is 12.1 Å². The number of hydrogen-bond donors (Lipinski definition) is 2. The van der Waals surface area contributed by atoms with Crippen molar-refractivity contribution < 1.29 is 37.7 Å². The number of carbonyl (C=O) groups is 1. The molecule has 0 radical (unpaired) electrons. The van der Waals surface area contributed by atoms with Crippen LogP contribution < -0.4 is 9.64 Å². The minimum absolute atomic E-state index is 0.0669. The van der Waals surface area contributed by atoms with Crippen LogP contribution in [0.1, 0.15) is 12.8 Å². The average molecular weight is 538 g/mol. The maximum Gasteiger partial charge on any atom is 0.248 e. The lowest BCUT2D eigenvalue weighted by molar-refractivity contribution is -0.138. The smallest absolute Gasteiger partial charge is 0.248 e. The molecule has 1 amide bonds. The van der Waals surface area contributed by atoms with Crippen molar-refractivity contribution >= 4 is 11.6 Å². The van der Waals surface area contributed by atoms with E-state index in [4.69, 9.17) is 9.47 Å². The number of piperidine rings is 1. The molecule has 0 aromatic heterocycles. The molecule has 1 unspecified atom stereocenters. The van der Waals surface area contributed by atoms with Gasteiger partial charge in [-0.2, -0.15) is 0 Å². The highest BCUT2D eigenvalue weighted by atomic mass is 19.1. The van der Waals surface area contributed by atoms with E-state index in [1.54, 1.807) is 6.07 Å². The number of nitrogens with zero attached hydrogens (tertiary/aromatic N) is 3. The molecule has 2 aliphatic heterocycles. The summed E-state index contributed by atoms with van der Waals surface area (Å²) in [6.07, 6.45) is 0.869. The van der Waals surface area contributed by atoms with Crippen LogP contribution in [-0.4, -0.2) is 103 Å². The molecular weight excluding hydrogens is 503 g/mol. The van der Waals surface area contributed by atoms with Gasteiger partial charge in [0, 0.05) is 70.3 Å². The third kappa shape index (κ3) is 7.37. The zero-order chi connectivity index (χ0) is 27.3. The van der Waals surface area contributed by atoms with Crippen LogP contribution in [0.15, 0.2) is 42.5 Å². The van der Waals surface area contributed by atoms with Gasteiger partial charge in [-0.25, -0.2) is 13.2 Å². The molecule has 4 rings (SSSR count). The summed E-state index contributed by atoms with van der Waals surface area (Å²) in [6.45, 7) is 1.50. The predicted molar refractivity (Wildman–Crippen MR) is 134 cm³/mol. The Morgan fingerprint density at radius 1 is 0.921 bits per heavy atom. The number of hydrogen-bond acceptors (Lipinski definition) is 7. The van der Waals surface area contributed by atoms with Crippen molar-refractivity contribution in [2.75, 3.05) is 71.0 Å². The molecule has 0 spiro atoms. The number of rotatable bonds is 8. The maximum absolute atomic E-state index is 13.7. The summed E-state index contributed by atoms with van der Waals surface area (Å²) in [5, 5.41) is 22.9. The molecule has 208 valence electrons. The fourth-order valence-corrected chi connectivity index (χ4v) is 5.15. The standard InChI is InChI=1S/C27H34F3N3O5/c1-37-15-25(34)33-10-9-31(17-27(36,18-33)19-38-24-13-21(29)11-22(30)14-24)16-26(35)5-7-32(8-6-26)23-4-2-3-20(28)12-23/h2-4,11-14,35-36H,5-10,15-19H2,1H3. The number of ether oxygens (including phenoxy) is 2. The van der Waals surface area contributed by atoms with Gasteiger partial charge in [0.1, 0.15) is 42.0 Å². The van der Waals surface area contributed by atoms with Crippen molar-refractivity contribution in [1.29, 1.82) is 0 Å². The van der Waals surface area contributed by atoms with Crippen LogP contribution in [0.5, 0.6) is 5.75 Å². The Bertz CT molecular complexity index is 1090. The quantitative estimate of drug-likeness (QED) is 0.533. The molecule has 2 aromatic rings. The van der Waals surface area contributed by atoms with Crippen molar-refractivity contribution in [3.63, 3.8) is 0 Å². The molecule has 2 heterocycles. The lowest BCUT2D eigenvalue weighted by Gasteiger charge is -2.42. The second-order valence-electron chi connectivity index (χ2n) is 10.3. The Morgan fingerprint density at radius 3 is 2.29 bits per heavy atom. The Hall–Kier alpha value is -2.86. The Balaban J connectivity index is 1.44. The summed E-state index contributed by atoms with van der Waals surface area (Å²) in [6, 6.07) is 9.10. The van der Waals surface area contributed by atoms with Crippen LogP contribution in [0.4, 0.5) is 18.9 Å². The third-order valence-corrected chi connectivity index (χ3v) is 7.04. The Labute approximate surface area is 220 Å². The van der Waals surface area contributed by atoms with Gasteiger partial charge < -0.3 is 29.5 Å². The average Bonchev–Trinajstić information content (AvgIpc) is 3.01. The van der Waals surface area contributed by atoms with E-state index in [0.717, 1.165) is 23.9 Å². The van der Waals surface area contributed by atoms with E-state index in [1.807, 2.05) is 15.9 Å². The summed E-state index contributed by atoms with van der Waals surface area (Å²) in [5.74, 6) is -2.32. The van der Waals surface area contributed by atoms with Crippen molar-refractivity contribution in [2.45, 2.75) is 24.0 Å². The van der Waals surface area contributed by atoms with Gasteiger partial charge in [-0.3, -0.25) is 9.69 Å². The Morgan fingerprint density at radius 2 is 1.63 bits per heavy atom. The zero-order valence-electron chi connectivity index (χ0n) is 21.4. The molecule has 2 aliphatic rings. The van der Waals surface area contributed by atoms with Crippen LogP contribution in [0.25, 0.3) is 0 Å². The van der Waals surface area contributed by atoms with Gasteiger partial charge in [0.2, 0.25) is 5.91 Å². The molecule has 8 nitrogen and oxygen atoms in total. The largest absolute Gasteiger partial charge is 0.490 e. The third-order valence-electron chi connectivity index (χ3n) is 7.04. The zero-order valence-corrected chi connectivity index (χ0v) is 21.4. The second kappa shape index (κ2) is 11.9. The number of carbonyl (C=O) groups excluding carboxylic acids is 1. The van der Waals surface area contributed by atoms with Crippen molar-refractivity contribution in [1.82, 2.24) is 9.80 Å². The number of anilines is 1. The van der Waals surface area contributed by atoms with E-state index in [-0.39, 0.29) is 50.3 Å². The number of benzene rings is 2. The minimum atomic E-state index is -1.58. The molecule has 0 bridgehead atoms. The first kappa shape index (κ1) is 28.2. The van der Waals surface area contributed by atoms with E-state index in [0.29, 0.717) is 39.0 Å². The summed E-state index contributed by atoms with van der Waals surface area (Å²) in [5.41, 5.74) is -1.88. The molecule has 0 saturated carbocycles. The van der Waals surface area contributed by atoms with Gasteiger partial charge in [-0.15, -0.1) is 0 Å². The van der Waals surface area contributed by atoms with Crippen LogP contribution in [0.3, 0.4) is 0 Å². The fourth-order valence-electron chi connectivity index (χ4n) is 5.15. The van der Waals surface area contributed by atoms with Crippen molar-refractivity contribution in [3.8, 4) is 5.75 Å². The van der Waals surface area contributed by atoms with Gasteiger partial charge in [-0.1, -0.05) is 6.07 Å². The van der Waals surface area contributed by atoms with E-state index in [2.05, 4.69) is 0 Å². The highest BCUT2D eigenvalue weighted by Gasteiger charge is 2.41. The highest BCUT2D eigenvalue weighted by molar-refractivity contribution is 5.77. The normalized spacial score (nSPS) is 22.3. The van der Waals surface area contributed by atoms with Crippen molar-refractivity contribution in [2.24, 2.45) is 0 Å². The first-order chi connectivity index (χ1) is 18.1. The van der Waals surface area contributed by atoms with Crippen molar-refractivity contribution in [3.05, 3.63) is 59.9 Å². The molecule has 0 aliphatic carbocycles. The molecule has 2 N–H and O–H groups in total. The maximum atomic E-state index is 13.7. The minimum Gasteiger partial charge on any atom is -0.490 e. The van der Waals surface area contributed by atoms with E-state index >= 15 is 0 Å². The summed E-state index contributed by atoms with van der Waals surface area (Å²) in [4.78, 5) is 18.0. The molecular formula is C27H34F3N3O5. The Kier molecular flexibility index (Phi) is 8.81. The number of aliphatic hydroxyl groups is 2. The van der Waals surface area contributed by atoms with E-state index in [1.165, 1.54) is 24.1 Å². The van der Waals surface area contributed by atoms with Gasteiger partial charge >= 0.3 is 0 Å². The number of amides is 1. The number of β-amino-alcohol motifs (C(OH)–C–C–N with tert-alkyl or cyclic N) is 2. The number of methoxy groups -OCH3 is 1. The fraction of sp³-hybridized carbons (Fsp3) is 0.519. The summed E-state index contributed by atoms with van der Waals surface area (Å²) in [7, 11) is 1.40. The summed E-state index contributed by atoms with van der Waals surface area (Å²) < 4.78 is 51.4. The summed E-state index contributed by atoms with van der Waals surface area (Å²) >= 11 is 0. The van der Waals surface area contributed by atoms with Gasteiger partial charge in [-0.05, 0) is 31.0 Å².